The van der Waals surface area contributed by atoms with Gasteiger partial charge in [-0.15, -0.1) is 0 Å². The molecule has 0 bridgehead atoms. The summed E-state index contributed by atoms with van der Waals surface area (Å²) in [4.78, 5) is 2.50. The molecule has 0 spiro atoms. The zero-order valence-electron chi connectivity index (χ0n) is 9.59. The highest BCUT2D eigenvalue weighted by molar-refractivity contribution is 5.79. The van der Waals surface area contributed by atoms with E-state index in [1.807, 2.05) is 6.92 Å². The van der Waals surface area contributed by atoms with E-state index in [1.54, 1.807) is 0 Å². The lowest BCUT2D eigenvalue weighted by Crippen LogP contribution is -2.39. The van der Waals surface area contributed by atoms with Crippen LogP contribution in [0.1, 0.15) is 33.6 Å². The SMILES string of the molecule is CC(CN1CCCC1C(C)C)C(=N)N. The summed E-state index contributed by atoms with van der Waals surface area (Å²) in [6, 6.07) is 0.705. The van der Waals surface area contributed by atoms with Gasteiger partial charge in [-0.3, -0.25) is 10.3 Å². The van der Waals surface area contributed by atoms with Gasteiger partial charge in [0.1, 0.15) is 0 Å². The average Bonchev–Trinajstić information content (AvgIpc) is 2.52. The summed E-state index contributed by atoms with van der Waals surface area (Å²) in [7, 11) is 0. The summed E-state index contributed by atoms with van der Waals surface area (Å²) in [5, 5.41) is 7.39. The molecule has 0 aromatic rings. The van der Waals surface area contributed by atoms with Crippen LogP contribution in [0.3, 0.4) is 0 Å². The van der Waals surface area contributed by atoms with Crippen molar-refractivity contribution in [2.45, 2.75) is 39.7 Å². The molecule has 3 heteroatoms. The first-order chi connectivity index (χ1) is 6.52. The molecule has 1 heterocycles. The van der Waals surface area contributed by atoms with Crippen molar-refractivity contribution in [1.82, 2.24) is 4.90 Å². The number of nitrogens with zero attached hydrogens (tertiary/aromatic N) is 1. The summed E-state index contributed by atoms with van der Waals surface area (Å²) in [5.41, 5.74) is 5.49. The van der Waals surface area contributed by atoms with E-state index in [0.717, 1.165) is 12.5 Å². The van der Waals surface area contributed by atoms with Gasteiger partial charge in [0.05, 0.1) is 5.84 Å². The molecule has 3 nitrogen and oxygen atoms in total. The molecule has 0 radical (unpaired) electrons. The van der Waals surface area contributed by atoms with Gasteiger partial charge in [-0.1, -0.05) is 20.8 Å². The minimum Gasteiger partial charge on any atom is -0.387 e. The fourth-order valence-electron chi connectivity index (χ4n) is 2.28. The van der Waals surface area contributed by atoms with Crippen LogP contribution in [0.4, 0.5) is 0 Å². The highest BCUT2D eigenvalue weighted by Gasteiger charge is 2.28. The van der Waals surface area contributed by atoms with Crippen LogP contribution in [0, 0.1) is 17.2 Å². The van der Waals surface area contributed by atoms with Gasteiger partial charge in [0.2, 0.25) is 0 Å². The van der Waals surface area contributed by atoms with Gasteiger partial charge >= 0.3 is 0 Å². The maximum absolute atomic E-state index is 7.39. The summed E-state index contributed by atoms with van der Waals surface area (Å²) < 4.78 is 0. The molecule has 1 fully saturated rings. The molecular formula is C11H23N3. The Hall–Kier alpha value is -0.570. The molecule has 1 aliphatic heterocycles. The molecule has 0 aliphatic carbocycles. The summed E-state index contributed by atoms with van der Waals surface area (Å²) in [5.74, 6) is 1.24. The molecule has 0 amide bonds. The van der Waals surface area contributed by atoms with Crippen molar-refractivity contribution in [1.29, 1.82) is 5.41 Å². The lowest BCUT2D eigenvalue weighted by atomic mass is 10.0. The minimum absolute atomic E-state index is 0.203. The molecule has 2 unspecified atom stereocenters. The van der Waals surface area contributed by atoms with Crippen molar-refractivity contribution in [2.75, 3.05) is 13.1 Å². The molecule has 82 valence electrons. The van der Waals surface area contributed by atoms with Gasteiger partial charge in [-0.05, 0) is 25.3 Å². The van der Waals surface area contributed by atoms with E-state index in [4.69, 9.17) is 11.1 Å². The van der Waals surface area contributed by atoms with Crippen molar-refractivity contribution < 1.29 is 0 Å². The first kappa shape index (κ1) is 11.5. The van der Waals surface area contributed by atoms with E-state index in [2.05, 4.69) is 18.7 Å². The average molecular weight is 197 g/mol. The topological polar surface area (TPSA) is 53.1 Å². The van der Waals surface area contributed by atoms with Crippen LogP contribution in [0.2, 0.25) is 0 Å². The number of likely N-dealkylation sites (tertiary alicyclic amines) is 1. The van der Waals surface area contributed by atoms with Crippen LogP contribution in [-0.4, -0.2) is 29.9 Å². The second kappa shape index (κ2) is 4.78. The third kappa shape index (κ3) is 2.71. The van der Waals surface area contributed by atoms with Crippen LogP contribution in [0.5, 0.6) is 0 Å². The number of hydrogen-bond donors (Lipinski definition) is 2. The summed E-state index contributed by atoms with van der Waals surface area (Å²) >= 11 is 0. The van der Waals surface area contributed by atoms with E-state index in [1.165, 1.54) is 19.4 Å². The minimum atomic E-state index is 0.203. The highest BCUT2D eigenvalue weighted by Crippen LogP contribution is 2.24. The van der Waals surface area contributed by atoms with Crippen LogP contribution in [0.15, 0.2) is 0 Å². The Labute approximate surface area is 87.2 Å². The van der Waals surface area contributed by atoms with Crippen molar-refractivity contribution in [3.8, 4) is 0 Å². The third-order valence-corrected chi connectivity index (χ3v) is 3.22. The molecule has 1 saturated heterocycles. The van der Waals surface area contributed by atoms with Crippen molar-refractivity contribution in [2.24, 2.45) is 17.6 Å². The van der Waals surface area contributed by atoms with Crippen LogP contribution < -0.4 is 5.73 Å². The second-order valence-electron chi connectivity index (χ2n) is 4.80. The summed E-state index contributed by atoms with van der Waals surface area (Å²) in [6.07, 6.45) is 2.61. The molecular weight excluding hydrogens is 174 g/mol. The predicted octanol–water partition coefficient (Wildman–Crippen LogP) is 1.68. The second-order valence-corrected chi connectivity index (χ2v) is 4.80. The monoisotopic (exact) mass is 197 g/mol. The Morgan fingerprint density at radius 2 is 2.14 bits per heavy atom. The molecule has 2 atom stereocenters. The fourth-order valence-corrected chi connectivity index (χ4v) is 2.28. The number of rotatable bonds is 4. The number of nitrogens with two attached hydrogens (primary N) is 1. The number of nitrogens with one attached hydrogen (secondary N) is 1. The van der Waals surface area contributed by atoms with E-state index in [-0.39, 0.29) is 5.92 Å². The van der Waals surface area contributed by atoms with E-state index in [9.17, 15) is 0 Å². The van der Waals surface area contributed by atoms with Crippen molar-refractivity contribution in [3.05, 3.63) is 0 Å². The van der Waals surface area contributed by atoms with Crippen LogP contribution >= 0.6 is 0 Å². The van der Waals surface area contributed by atoms with E-state index in [0.29, 0.717) is 11.9 Å². The Morgan fingerprint density at radius 3 is 2.64 bits per heavy atom. The Morgan fingerprint density at radius 1 is 1.50 bits per heavy atom. The van der Waals surface area contributed by atoms with E-state index < -0.39 is 0 Å². The Kier molecular flexibility index (Phi) is 3.93. The normalized spacial score (nSPS) is 25.6. The quantitative estimate of drug-likeness (QED) is 0.532. The van der Waals surface area contributed by atoms with Gasteiger partial charge in [0.15, 0.2) is 0 Å². The van der Waals surface area contributed by atoms with Crippen molar-refractivity contribution >= 4 is 5.84 Å². The molecule has 3 N–H and O–H groups in total. The smallest absolute Gasteiger partial charge is 0.0947 e. The maximum Gasteiger partial charge on any atom is 0.0947 e. The molecule has 14 heavy (non-hydrogen) atoms. The van der Waals surface area contributed by atoms with Crippen molar-refractivity contribution in [3.63, 3.8) is 0 Å². The number of hydrogen-bond acceptors (Lipinski definition) is 2. The lowest BCUT2D eigenvalue weighted by Gasteiger charge is -2.29. The molecule has 0 aromatic carbocycles. The zero-order valence-corrected chi connectivity index (χ0v) is 9.59. The largest absolute Gasteiger partial charge is 0.387 e. The highest BCUT2D eigenvalue weighted by atomic mass is 15.2. The predicted molar refractivity (Wildman–Crippen MR) is 60.5 cm³/mol. The number of amidine groups is 1. The molecule has 0 aromatic heterocycles. The first-order valence-electron chi connectivity index (χ1n) is 5.60. The van der Waals surface area contributed by atoms with Gasteiger partial charge in [0.25, 0.3) is 0 Å². The van der Waals surface area contributed by atoms with Gasteiger partial charge in [0, 0.05) is 18.5 Å². The standard InChI is InChI=1S/C11H23N3/c1-8(2)10-5-4-6-14(10)7-9(3)11(12)13/h8-10H,4-7H2,1-3H3,(H3,12,13). The summed E-state index contributed by atoms with van der Waals surface area (Å²) in [6.45, 7) is 8.74. The maximum atomic E-state index is 7.39. The zero-order chi connectivity index (χ0) is 10.7. The molecule has 0 saturated carbocycles. The first-order valence-corrected chi connectivity index (χ1v) is 5.60. The van der Waals surface area contributed by atoms with Gasteiger partial charge < -0.3 is 5.73 Å². The van der Waals surface area contributed by atoms with Gasteiger partial charge in [-0.2, -0.15) is 0 Å². The molecule has 1 rings (SSSR count). The Bertz CT molecular complexity index is 201. The van der Waals surface area contributed by atoms with Crippen LogP contribution in [0.25, 0.3) is 0 Å². The van der Waals surface area contributed by atoms with E-state index >= 15 is 0 Å². The molecule has 1 aliphatic rings. The van der Waals surface area contributed by atoms with Gasteiger partial charge in [-0.25, -0.2) is 0 Å². The third-order valence-electron chi connectivity index (χ3n) is 3.22. The lowest BCUT2D eigenvalue weighted by molar-refractivity contribution is 0.196. The fraction of sp³-hybridized carbons (Fsp3) is 0.909. The van der Waals surface area contributed by atoms with Crippen LogP contribution in [-0.2, 0) is 0 Å². The Balaban J connectivity index is 2.47.